The van der Waals surface area contributed by atoms with E-state index in [9.17, 15) is 9.59 Å². The van der Waals surface area contributed by atoms with Crippen molar-refractivity contribution < 1.29 is 9.59 Å². The summed E-state index contributed by atoms with van der Waals surface area (Å²) in [5, 5.41) is 2.07. The molecule has 2 aromatic heterocycles. The first-order chi connectivity index (χ1) is 13.1. The first-order valence-electron chi connectivity index (χ1n) is 7.96. The quantitative estimate of drug-likeness (QED) is 0.545. The molecule has 132 valence electrons. The Morgan fingerprint density at radius 1 is 1.11 bits per heavy atom. The van der Waals surface area contributed by atoms with E-state index >= 15 is 0 Å². The Balaban J connectivity index is 1.61. The summed E-state index contributed by atoms with van der Waals surface area (Å²) in [6.07, 6.45) is 6.46. The summed E-state index contributed by atoms with van der Waals surface area (Å²) in [5.74, 6) is -0.804. The lowest BCUT2D eigenvalue weighted by Gasteiger charge is -2.15. The minimum Gasteiger partial charge on any atom is -0.267 e. The molecule has 0 radical (unpaired) electrons. The highest BCUT2D eigenvalue weighted by Gasteiger charge is 2.33. The monoisotopic (exact) mass is 392 g/mol. The van der Waals surface area contributed by atoms with E-state index < -0.39 is 5.91 Å². The van der Waals surface area contributed by atoms with Crippen LogP contribution < -0.4 is 5.43 Å². The summed E-state index contributed by atoms with van der Waals surface area (Å²) in [5.41, 5.74) is 4.55. The van der Waals surface area contributed by atoms with Crippen LogP contribution in [0.25, 0.3) is 17.0 Å². The fourth-order valence-electron chi connectivity index (χ4n) is 2.62. The number of nitrogens with one attached hydrogen (secondary N) is 1. The third-order valence-electron chi connectivity index (χ3n) is 3.90. The zero-order chi connectivity index (χ0) is 18.8. The van der Waals surface area contributed by atoms with Gasteiger partial charge in [0.25, 0.3) is 11.8 Å². The summed E-state index contributed by atoms with van der Waals surface area (Å²) in [6.45, 7) is 0. The van der Waals surface area contributed by atoms with Gasteiger partial charge in [-0.05, 0) is 36.5 Å². The van der Waals surface area contributed by atoms with Crippen LogP contribution in [0.15, 0.2) is 66.0 Å². The van der Waals surface area contributed by atoms with Crippen molar-refractivity contribution in [2.75, 3.05) is 0 Å². The van der Waals surface area contributed by atoms with Crippen molar-refractivity contribution in [1.29, 1.82) is 0 Å². The second kappa shape index (κ2) is 7.26. The van der Waals surface area contributed by atoms with Crippen LogP contribution in [0.2, 0.25) is 0 Å². The first-order valence-corrected chi connectivity index (χ1v) is 9.19. The van der Waals surface area contributed by atoms with Gasteiger partial charge in [0.2, 0.25) is 0 Å². The van der Waals surface area contributed by atoms with Gasteiger partial charge in [0.05, 0.1) is 10.4 Å². The molecule has 0 unspecified atom stereocenters. The molecular weight excluding hydrogens is 380 g/mol. The number of thioether (sulfide) groups is 1. The van der Waals surface area contributed by atoms with Crippen LogP contribution in [0, 0.1) is 0 Å². The number of pyridine rings is 2. The van der Waals surface area contributed by atoms with Crippen molar-refractivity contribution in [2.45, 2.75) is 0 Å². The molecule has 1 aliphatic heterocycles. The van der Waals surface area contributed by atoms with E-state index in [2.05, 4.69) is 15.4 Å². The standard InChI is InChI=1S/C19H12N4O2S2/c24-17(13-6-9-20-10-7-13)22-23-18(25)15(27-19(23)26)11-14-4-1-3-12-5-2-8-21-16(12)14/h1-11H,(H,22,24)/b15-11-. The SMILES string of the molecule is O=C(NN1C(=O)/C(=C/c2cccc3cccnc23)SC1=S)c1ccncc1. The van der Waals surface area contributed by atoms with Gasteiger partial charge in [0.15, 0.2) is 4.32 Å². The number of para-hydroxylation sites is 1. The van der Waals surface area contributed by atoms with Gasteiger partial charge < -0.3 is 0 Å². The van der Waals surface area contributed by atoms with Crippen LogP contribution in [-0.2, 0) is 4.79 Å². The van der Waals surface area contributed by atoms with Crippen molar-refractivity contribution in [3.63, 3.8) is 0 Å². The third-order valence-corrected chi connectivity index (χ3v) is 5.20. The zero-order valence-corrected chi connectivity index (χ0v) is 15.5. The summed E-state index contributed by atoms with van der Waals surface area (Å²) < 4.78 is 0.266. The number of fused-ring (bicyclic) bond motifs is 1. The van der Waals surface area contributed by atoms with Gasteiger partial charge in [-0.1, -0.05) is 36.0 Å². The van der Waals surface area contributed by atoms with Gasteiger partial charge in [-0.25, -0.2) is 0 Å². The lowest BCUT2D eigenvalue weighted by molar-refractivity contribution is -0.123. The maximum atomic E-state index is 12.7. The Labute approximate surface area is 164 Å². The molecule has 8 heteroatoms. The fraction of sp³-hybridized carbons (Fsp3) is 0. The maximum absolute atomic E-state index is 12.7. The van der Waals surface area contributed by atoms with Gasteiger partial charge in [-0.15, -0.1) is 0 Å². The molecule has 3 aromatic rings. The number of carbonyl (C=O) groups is 2. The fourth-order valence-corrected chi connectivity index (χ4v) is 3.79. The van der Waals surface area contributed by atoms with Gasteiger partial charge in [0, 0.05) is 35.1 Å². The maximum Gasteiger partial charge on any atom is 0.285 e. The lowest BCUT2D eigenvalue weighted by Crippen LogP contribution is -2.44. The van der Waals surface area contributed by atoms with Crippen LogP contribution in [-0.4, -0.2) is 31.1 Å². The molecule has 0 bridgehead atoms. The Morgan fingerprint density at radius 2 is 1.89 bits per heavy atom. The summed E-state index contributed by atoms with van der Waals surface area (Å²) >= 11 is 6.40. The number of hydrogen-bond donors (Lipinski definition) is 1. The molecule has 0 saturated carbocycles. The van der Waals surface area contributed by atoms with Crippen molar-refractivity contribution in [3.8, 4) is 0 Å². The van der Waals surface area contributed by atoms with Crippen molar-refractivity contribution in [2.24, 2.45) is 0 Å². The van der Waals surface area contributed by atoms with Gasteiger partial charge in [-0.2, -0.15) is 5.01 Å². The number of nitrogens with zero attached hydrogens (tertiary/aromatic N) is 3. The number of hydrazine groups is 1. The van der Waals surface area contributed by atoms with Crippen molar-refractivity contribution in [3.05, 3.63) is 77.1 Å². The van der Waals surface area contributed by atoms with E-state index in [0.717, 1.165) is 33.2 Å². The van der Waals surface area contributed by atoms with Crippen molar-refractivity contribution in [1.82, 2.24) is 20.4 Å². The Morgan fingerprint density at radius 3 is 2.70 bits per heavy atom. The van der Waals surface area contributed by atoms with Gasteiger partial charge in [0.1, 0.15) is 0 Å². The molecule has 1 N–H and O–H groups in total. The van der Waals surface area contributed by atoms with Gasteiger partial charge in [-0.3, -0.25) is 25.0 Å². The molecule has 0 spiro atoms. The number of carbonyl (C=O) groups excluding carboxylic acids is 2. The van der Waals surface area contributed by atoms with Crippen LogP contribution in [0.1, 0.15) is 15.9 Å². The topological polar surface area (TPSA) is 75.2 Å². The van der Waals surface area contributed by atoms with E-state index in [0.29, 0.717) is 10.5 Å². The average Bonchev–Trinajstić information content (AvgIpc) is 2.96. The number of thiocarbonyl (C=S) groups is 1. The van der Waals surface area contributed by atoms with E-state index in [4.69, 9.17) is 12.2 Å². The predicted octanol–water partition coefficient (Wildman–Crippen LogP) is 3.18. The van der Waals surface area contributed by atoms with Crippen LogP contribution >= 0.6 is 24.0 Å². The smallest absolute Gasteiger partial charge is 0.267 e. The molecule has 4 rings (SSSR count). The molecule has 27 heavy (non-hydrogen) atoms. The minimum atomic E-state index is -0.429. The highest BCUT2D eigenvalue weighted by molar-refractivity contribution is 8.26. The van der Waals surface area contributed by atoms with E-state index in [1.54, 1.807) is 24.4 Å². The van der Waals surface area contributed by atoms with Gasteiger partial charge >= 0.3 is 0 Å². The van der Waals surface area contributed by atoms with Crippen molar-refractivity contribution >= 4 is 57.1 Å². The molecule has 0 atom stereocenters. The summed E-state index contributed by atoms with van der Waals surface area (Å²) in [7, 11) is 0. The largest absolute Gasteiger partial charge is 0.285 e. The molecule has 6 nitrogen and oxygen atoms in total. The third kappa shape index (κ3) is 3.44. The van der Waals surface area contributed by atoms with Crippen LogP contribution in [0.3, 0.4) is 0 Å². The highest BCUT2D eigenvalue weighted by Crippen LogP contribution is 2.32. The minimum absolute atomic E-state index is 0.266. The molecule has 2 amide bonds. The Kier molecular flexibility index (Phi) is 4.66. The molecule has 1 aliphatic rings. The number of rotatable bonds is 3. The van der Waals surface area contributed by atoms with Crippen LogP contribution in [0.5, 0.6) is 0 Å². The Hall–Kier alpha value is -3.10. The Bertz CT molecular complexity index is 1090. The van der Waals surface area contributed by atoms with Crippen LogP contribution in [0.4, 0.5) is 0 Å². The number of amides is 2. The number of hydrogen-bond acceptors (Lipinski definition) is 6. The molecule has 1 saturated heterocycles. The molecule has 0 aliphatic carbocycles. The molecule has 3 heterocycles. The average molecular weight is 392 g/mol. The molecular formula is C19H12N4O2S2. The first kappa shape index (κ1) is 17.3. The zero-order valence-electron chi connectivity index (χ0n) is 13.8. The molecule has 1 aromatic carbocycles. The van der Waals surface area contributed by atoms with E-state index in [1.807, 2.05) is 30.3 Å². The van der Waals surface area contributed by atoms with E-state index in [-0.39, 0.29) is 10.2 Å². The number of aromatic nitrogens is 2. The normalized spacial score (nSPS) is 15.6. The lowest BCUT2D eigenvalue weighted by atomic mass is 10.1. The number of benzene rings is 1. The predicted molar refractivity (Wildman–Crippen MR) is 108 cm³/mol. The highest BCUT2D eigenvalue weighted by atomic mass is 32.2. The second-order valence-electron chi connectivity index (χ2n) is 5.62. The van der Waals surface area contributed by atoms with E-state index in [1.165, 1.54) is 12.4 Å². The molecule has 1 fully saturated rings. The summed E-state index contributed by atoms with van der Waals surface area (Å²) in [6, 6.07) is 12.7. The summed E-state index contributed by atoms with van der Waals surface area (Å²) in [4.78, 5) is 33.7. The second-order valence-corrected chi connectivity index (χ2v) is 7.29.